The maximum atomic E-state index is 11.8. The molecule has 0 bridgehead atoms. The minimum absolute atomic E-state index is 0.0816. The summed E-state index contributed by atoms with van der Waals surface area (Å²) in [6.07, 6.45) is 5.13. The number of carbonyl (C=O) groups excluding carboxylic acids is 1. The smallest absolute Gasteiger partial charge is 0.267 e. The predicted molar refractivity (Wildman–Crippen MR) is 64.8 cm³/mol. The van der Waals surface area contributed by atoms with Gasteiger partial charge in [0.25, 0.3) is 5.91 Å². The molecule has 0 aromatic carbocycles. The number of carbonyl (C=O) groups is 1. The fourth-order valence-corrected chi connectivity index (χ4v) is 1.96. The Morgan fingerprint density at radius 2 is 2.06 bits per heavy atom. The van der Waals surface area contributed by atoms with Crippen LogP contribution in [-0.4, -0.2) is 29.0 Å². The molecule has 0 saturated carbocycles. The van der Waals surface area contributed by atoms with Crippen molar-refractivity contribution in [3.8, 4) is 0 Å². The number of nitrogens with zero attached hydrogens (tertiary/aromatic N) is 2. The lowest BCUT2D eigenvalue weighted by atomic mass is 10.2. The first-order valence-electron chi connectivity index (χ1n) is 5.43. The number of hydrogen-bond donors (Lipinski definition) is 1. The highest BCUT2D eigenvalue weighted by molar-refractivity contribution is 9.10. The van der Waals surface area contributed by atoms with E-state index in [0.29, 0.717) is 5.56 Å². The average molecular weight is 284 g/mol. The summed E-state index contributed by atoms with van der Waals surface area (Å²) in [7, 11) is 0. The van der Waals surface area contributed by atoms with Gasteiger partial charge in [0, 0.05) is 19.3 Å². The van der Waals surface area contributed by atoms with Gasteiger partial charge < -0.3 is 0 Å². The van der Waals surface area contributed by atoms with Crippen LogP contribution < -0.4 is 5.43 Å². The van der Waals surface area contributed by atoms with E-state index in [1.54, 1.807) is 18.3 Å². The second-order valence-electron chi connectivity index (χ2n) is 3.86. The number of nitrogens with one attached hydrogen (secondary N) is 1. The Kier molecular flexibility index (Phi) is 3.90. The third-order valence-electron chi connectivity index (χ3n) is 2.61. The van der Waals surface area contributed by atoms with E-state index in [1.165, 1.54) is 6.42 Å². The van der Waals surface area contributed by atoms with E-state index < -0.39 is 0 Å². The number of aromatic nitrogens is 1. The molecule has 5 heteroatoms. The molecule has 2 rings (SSSR count). The summed E-state index contributed by atoms with van der Waals surface area (Å²) in [5, 5.41) is 1.98. The molecule has 1 amide bonds. The Hall–Kier alpha value is -0.940. The highest BCUT2D eigenvalue weighted by Crippen LogP contribution is 2.08. The van der Waals surface area contributed by atoms with Gasteiger partial charge in [-0.25, -0.2) is 9.99 Å². The molecule has 16 heavy (non-hydrogen) atoms. The normalized spacial score (nSPS) is 17.1. The van der Waals surface area contributed by atoms with Gasteiger partial charge >= 0.3 is 0 Å². The number of halogens is 1. The van der Waals surface area contributed by atoms with E-state index in [4.69, 9.17) is 0 Å². The van der Waals surface area contributed by atoms with Crippen molar-refractivity contribution in [2.45, 2.75) is 19.3 Å². The lowest BCUT2D eigenvalue weighted by molar-refractivity contribution is 0.0749. The van der Waals surface area contributed by atoms with Crippen LogP contribution in [0.2, 0.25) is 0 Å². The minimum atomic E-state index is -0.0816. The Morgan fingerprint density at radius 1 is 1.31 bits per heavy atom. The number of rotatable bonds is 2. The molecule has 1 saturated heterocycles. The molecule has 4 nitrogen and oxygen atoms in total. The molecule has 0 unspecified atom stereocenters. The van der Waals surface area contributed by atoms with Gasteiger partial charge in [-0.3, -0.25) is 10.2 Å². The van der Waals surface area contributed by atoms with Gasteiger partial charge in [0.15, 0.2) is 0 Å². The molecule has 1 aliphatic rings. The second-order valence-corrected chi connectivity index (χ2v) is 4.67. The SMILES string of the molecule is O=C(NN1CCCCC1)c1ccc(Br)nc1. The first-order valence-corrected chi connectivity index (χ1v) is 6.22. The zero-order valence-corrected chi connectivity index (χ0v) is 10.5. The third kappa shape index (κ3) is 3.02. The zero-order valence-electron chi connectivity index (χ0n) is 8.95. The van der Waals surface area contributed by atoms with Gasteiger partial charge in [0.2, 0.25) is 0 Å². The van der Waals surface area contributed by atoms with Crippen LogP contribution in [0.25, 0.3) is 0 Å². The van der Waals surface area contributed by atoms with Gasteiger partial charge in [-0.2, -0.15) is 0 Å². The molecule has 86 valence electrons. The molecule has 0 atom stereocenters. The van der Waals surface area contributed by atoms with Crippen molar-refractivity contribution < 1.29 is 4.79 Å². The van der Waals surface area contributed by atoms with Gasteiger partial charge in [-0.1, -0.05) is 6.42 Å². The van der Waals surface area contributed by atoms with Crippen molar-refractivity contribution in [3.63, 3.8) is 0 Å². The maximum absolute atomic E-state index is 11.8. The molecule has 0 aliphatic carbocycles. The van der Waals surface area contributed by atoms with Crippen LogP contribution >= 0.6 is 15.9 Å². The molecular formula is C11H14BrN3O. The number of hydrazine groups is 1. The van der Waals surface area contributed by atoms with Crippen LogP contribution in [0.1, 0.15) is 29.6 Å². The Balaban J connectivity index is 1.94. The topological polar surface area (TPSA) is 45.2 Å². The summed E-state index contributed by atoms with van der Waals surface area (Å²) >= 11 is 3.24. The summed E-state index contributed by atoms with van der Waals surface area (Å²) in [4.78, 5) is 15.8. The van der Waals surface area contributed by atoms with E-state index in [-0.39, 0.29) is 5.91 Å². The van der Waals surface area contributed by atoms with E-state index in [2.05, 4.69) is 26.3 Å². The summed E-state index contributed by atoms with van der Waals surface area (Å²) in [6.45, 7) is 1.88. The van der Waals surface area contributed by atoms with Crippen molar-refractivity contribution in [3.05, 3.63) is 28.5 Å². The van der Waals surface area contributed by atoms with Crippen molar-refractivity contribution >= 4 is 21.8 Å². The van der Waals surface area contributed by atoms with Crippen LogP contribution in [-0.2, 0) is 0 Å². The average Bonchev–Trinajstić information content (AvgIpc) is 2.31. The van der Waals surface area contributed by atoms with E-state index in [1.807, 2.05) is 5.01 Å². The summed E-state index contributed by atoms with van der Waals surface area (Å²) in [5.41, 5.74) is 3.49. The Morgan fingerprint density at radius 3 is 2.69 bits per heavy atom. The van der Waals surface area contributed by atoms with E-state index in [0.717, 1.165) is 30.5 Å². The molecule has 0 spiro atoms. The van der Waals surface area contributed by atoms with Crippen LogP contribution in [0, 0.1) is 0 Å². The van der Waals surface area contributed by atoms with Crippen LogP contribution in [0.15, 0.2) is 22.9 Å². The van der Waals surface area contributed by atoms with Crippen molar-refractivity contribution in [2.24, 2.45) is 0 Å². The fourth-order valence-electron chi connectivity index (χ4n) is 1.72. The third-order valence-corrected chi connectivity index (χ3v) is 3.07. The van der Waals surface area contributed by atoms with Crippen LogP contribution in [0.4, 0.5) is 0 Å². The Labute approximate surface area is 103 Å². The largest absolute Gasteiger partial charge is 0.285 e. The van der Waals surface area contributed by atoms with E-state index in [9.17, 15) is 4.79 Å². The number of amides is 1. The zero-order chi connectivity index (χ0) is 11.4. The molecule has 2 heterocycles. The lowest BCUT2D eigenvalue weighted by Crippen LogP contribution is -2.45. The Bertz CT molecular complexity index is 360. The number of pyridine rings is 1. The molecular weight excluding hydrogens is 270 g/mol. The highest BCUT2D eigenvalue weighted by atomic mass is 79.9. The van der Waals surface area contributed by atoms with Crippen molar-refractivity contribution in [1.29, 1.82) is 0 Å². The molecule has 1 N–H and O–H groups in total. The standard InChI is InChI=1S/C11H14BrN3O/c12-10-5-4-9(8-13-10)11(16)14-15-6-2-1-3-7-15/h4-5,8H,1-3,6-7H2,(H,14,16). The second kappa shape index (κ2) is 5.41. The quantitative estimate of drug-likeness (QED) is 0.845. The lowest BCUT2D eigenvalue weighted by Gasteiger charge is -2.26. The molecule has 0 radical (unpaired) electrons. The highest BCUT2D eigenvalue weighted by Gasteiger charge is 2.13. The molecule has 1 fully saturated rings. The van der Waals surface area contributed by atoms with Gasteiger partial charge in [-0.05, 0) is 40.9 Å². The monoisotopic (exact) mass is 283 g/mol. The number of hydrogen-bond acceptors (Lipinski definition) is 3. The minimum Gasteiger partial charge on any atom is -0.285 e. The van der Waals surface area contributed by atoms with Crippen LogP contribution in [0.5, 0.6) is 0 Å². The van der Waals surface area contributed by atoms with Gasteiger partial charge in [0.05, 0.1) is 5.56 Å². The molecule has 1 aromatic rings. The van der Waals surface area contributed by atoms with Crippen LogP contribution in [0.3, 0.4) is 0 Å². The summed E-state index contributed by atoms with van der Waals surface area (Å²) in [5.74, 6) is -0.0816. The first kappa shape index (κ1) is 11.5. The summed E-state index contributed by atoms with van der Waals surface area (Å²) in [6, 6.07) is 3.53. The molecule has 1 aromatic heterocycles. The predicted octanol–water partition coefficient (Wildman–Crippen LogP) is 1.97. The number of piperidine rings is 1. The summed E-state index contributed by atoms with van der Waals surface area (Å²) < 4.78 is 0.738. The first-order chi connectivity index (χ1) is 7.75. The van der Waals surface area contributed by atoms with Gasteiger partial charge in [-0.15, -0.1) is 0 Å². The molecule has 1 aliphatic heterocycles. The van der Waals surface area contributed by atoms with Gasteiger partial charge in [0.1, 0.15) is 4.60 Å². The van der Waals surface area contributed by atoms with Crippen molar-refractivity contribution in [2.75, 3.05) is 13.1 Å². The fraction of sp³-hybridized carbons (Fsp3) is 0.455. The maximum Gasteiger partial charge on any atom is 0.267 e. The van der Waals surface area contributed by atoms with E-state index >= 15 is 0 Å². The van der Waals surface area contributed by atoms with Crippen molar-refractivity contribution in [1.82, 2.24) is 15.4 Å².